The van der Waals surface area contributed by atoms with Crippen LogP contribution in [0.5, 0.6) is 0 Å². The van der Waals surface area contributed by atoms with Gasteiger partial charge in [0, 0.05) is 31.6 Å². The third-order valence-corrected chi connectivity index (χ3v) is 2.82. The molecule has 0 aromatic carbocycles. The van der Waals surface area contributed by atoms with Crippen molar-refractivity contribution >= 4 is 11.7 Å². The number of aromatic carboxylic acids is 1. The zero-order valence-electron chi connectivity index (χ0n) is 10.3. The summed E-state index contributed by atoms with van der Waals surface area (Å²) in [4.78, 5) is 14.5. The number of ether oxygens (including phenoxy) is 1. The summed E-state index contributed by atoms with van der Waals surface area (Å²) >= 11 is 0. The van der Waals surface area contributed by atoms with Crippen molar-refractivity contribution in [2.75, 3.05) is 25.1 Å². The number of hydrogen-bond acceptors (Lipinski definition) is 4. The number of carboxylic acids is 1. The molecule has 0 spiro atoms. The van der Waals surface area contributed by atoms with Crippen molar-refractivity contribution in [3.8, 4) is 0 Å². The van der Waals surface area contributed by atoms with E-state index in [1.54, 1.807) is 6.07 Å². The van der Waals surface area contributed by atoms with Gasteiger partial charge in [-0.2, -0.15) is 0 Å². The molecular weight excluding hydrogens is 232 g/mol. The van der Waals surface area contributed by atoms with E-state index in [2.05, 4.69) is 10.3 Å². The van der Waals surface area contributed by atoms with E-state index < -0.39 is 5.97 Å². The molecule has 2 N–H and O–H groups in total. The van der Waals surface area contributed by atoms with Crippen LogP contribution in [0, 0.1) is 5.92 Å². The van der Waals surface area contributed by atoms with Crippen LogP contribution in [0.25, 0.3) is 0 Å². The molecule has 1 aromatic heterocycles. The maximum atomic E-state index is 10.7. The summed E-state index contributed by atoms with van der Waals surface area (Å²) in [5, 5.41) is 12.0. The average molecular weight is 250 g/mol. The third kappa shape index (κ3) is 4.33. The summed E-state index contributed by atoms with van der Waals surface area (Å²) in [7, 11) is 0. The van der Waals surface area contributed by atoms with E-state index in [1.807, 2.05) is 0 Å². The number of rotatable bonds is 8. The van der Waals surface area contributed by atoms with Crippen LogP contribution in [0.4, 0.5) is 5.69 Å². The Balaban J connectivity index is 1.62. The van der Waals surface area contributed by atoms with Crippen LogP contribution < -0.4 is 5.32 Å². The van der Waals surface area contributed by atoms with Crippen molar-refractivity contribution in [3.05, 3.63) is 24.0 Å². The van der Waals surface area contributed by atoms with Gasteiger partial charge >= 0.3 is 5.97 Å². The van der Waals surface area contributed by atoms with Crippen molar-refractivity contribution < 1.29 is 14.6 Å². The molecule has 1 saturated carbocycles. The Hall–Kier alpha value is -1.62. The Morgan fingerprint density at radius 2 is 2.39 bits per heavy atom. The fraction of sp³-hybridized carbons (Fsp3) is 0.538. The summed E-state index contributed by atoms with van der Waals surface area (Å²) in [6.45, 7) is 2.41. The highest BCUT2D eigenvalue weighted by molar-refractivity contribution is 5.86. The molecule has 0 atom stereocenters. The lowest BCUT2D eigenvalue weighted by Crippen LogP contribution is -2.08. The summed E-state index contributed by atoms with van der Waals surface area (Å²) < 4.78 is 5.51. The molecule has 1 heterocycles. The van der Waals surface area contributed by atoms with Crippen molar-refractivity contribution in [2.24, 2.45) is 5.92 Å². The minimum atomic E-state index is -1.01. The van der Waals surface area contributed by atoms with E-state index in [0.717, 1.165) is 37.8 Å². The van der Waals surface area contributed by atoms with Gasteiger partial charge in [0.1, 0.15) is 5.69 Å². The Morgan fingerprint density at radius 1 is 1.56 bits per heavy atom. The second-order valence-electron chi connectivity index (χ2n) is 4.53. The lowest BCUT2D eigenvalue weighted by molar-refractivity contribution is 0.0690. The Labute approximate surface area is 106 Å². The van der Waals surface area contributed by atoms with E-state index in [0.29, 0.717) is 0 Å². The maximum Gasteiger partial charge on any atom is 0.354 e. The zero-order valence-corrected chi connectivity index (χ0v) is 10.3. The van der Waals surface area contributed by atoms with Crippen LogP contribution in [-0.4, -0.2) is 35.8 Å². The molecule has 2 rings (SSSR count). The number of anilines is 1. The molecule has 1 aliphatic rings. The second kappa shape index (κ2) is 6.35. The Bertz CT molecular complexity index is 405. The quantitative estimate of drug-likeness (QED) is 0.690. The van der Waals surface area contributed by atoms with Crippen LogP contribution in [0.1, 0.15) is 29.8 Å². The van der Waals surface area contributed by atoms with Gasteiger partial charge in [-0.25, -0.2) is 9.78 Å². The highest BCUT2D eigenvalue weighted by atomic mass is 16.5. The molecule has 98 valence electrons. The van der Waals surface area contributed by atoms with Crippen molar-refractivity contribution in [3.63, 3.8) is 0 Å². The molecule has 18 heavy (non-hydrogen) atoms. The summed E-state index contributed by atoms with van der Waals surface area (Å²) in [6.07, 6.45) is 5.04. The number of hydrogen-bond donors (Lipinski definition) is 2. The van der Waals surface area contributed by atoms with E-state index in [-0.39, 0.29) is 5.69 Å². The first-order valence-electron chi connectivity index (χ1n) is 6.26. The second-order valence-corrected chi connectivity index (χ2v) is 4.53. The first-order valence-corrected chi connectivity index (χ1v) is 6.26. The SMILES string of the molecule is O=C(O)c1cc(NCCCOCC2CC2)ccn1. The minimum absolute atomic E-state index is 0.0602. The van der Waals surface area contributed by atoms with E-state index in [4.69, 9.17) is 9.84 Å². The van der Waals surface area contributed by atoms with Gasteiger partial charge in [0.25, 0.3) is 0 Å². The number of nitrogens with zero attached hydrogens (tertiary/aromatic N) is 1. The molecule has 0 unspecified atom stereocenters. The summed E-state index contributed by atoms with van der Waals surface area (Å²) in [5.74, 6) is -0.206. The molecule has 0 bridgehead atoms. The molecule has 1 aliphatic carbocycles. The van der Waals surface area contributed by atoms with Crippen LogP contribution >= 0.6 is 0 Å². The van der Waals surface area contributed by atoms with Crippen LogP contribution in [0.15, 0.2) is 18.3 Å². The first-order chi connectivity index (χ1) is 8.75. The molecule has 5 nitrogen and oxygen atoms in total. The highest BCUT2D eigenvalue weighted by Crippen LogP contribution is 2.28. The number of aromatic nitrogens is 1. The monoisotopic (exact) mass is 250 g/mol. The van der Waals surface area contributed by atoms with Crippen LogP contribution in [0.3, 0.4) is 0 Å². The van der Waals surface area contributed by atoms with Gasteiger partial charge in [-0.05, 0) is 37.3 Å². The molecule has 0 amide bonds. The average Bonchev–Trinajstić information content (AvgIpc) is 3.18. The van der Waals surface area contributed by atoms with Gasteiger partial charge in [-0.15, -0.1) is 0 Å². The molecular formula is C13H18N2O3. The minimum Gasteiger partial charge on any atom is -0.477 e. The van der Waals surface area contributed by atoms with Gasteiger partial charge in [-0.3, -0.25) is 0 Å². The van der Waals surface area contributed by atoms with Crippen molar-refractivity contribution in [2.45, 2.75) is 19.3 Å². The topological polar surface area (TPSA) is 71.5 Å². The molecule has 5 heteroatoms. The number of pyridine rings is 1. The van der Waals surface area contributed by atoms with Crippen LogP contribution in [0.2, 0.25) is 0 Å². The van der Waals surface area contributed by atoms with Crippen molar-refractivity contribution in [1.82, 2.24) is 4.98 Å². The number of carboxylic acid groups (broad SMARTS) is 1. The van der Waals surface area contributed by atoms with Gasteiger partial charge < -0.3 is 15.2 Å². The van der Waals surface area contributed by atoms with Gasteiger partial charge in [-0.1, -0.05) is 0 Å². The Kier molecular flexibility index (Phi) is 4.52. The molecule has 0 aliphatic heterocycles. The van der Waals surface area contributed by atoms with Crippen LogP contribution in [-0.2, 0) is 4.74 Å². The summed E-state index contributed by atoms with van der Waals surface area (Å²) in [6, 6.07) is 3.30. The van der Waals surface area contributed by atoms with Gasteiger partial charge in [0.05, 0.1) is 0 Å². The zero-order chi connectivity index (χ0) is 12.8. The molecule has 1 fully saturated rings. The van der Waals surface area contributed by atoms with E-state index >= 15 is 0 Å². The fourth-order valence-corrected chi connectivity index (χ4v) is 1.60. The third-order valence-electron chi connectivity index (χ3n) is 2.82. The maximum absolute atomic E-state index is 10.7. The van der Waals surface area contributed by atoms with Gasteiger partial charge in [0.2, 0.25) is 0 Å². The molecule has 1 aromatic rings. The lowest BCUT2D eigenvalue weighted by Gasteiger charge is -2.07. The Morgan fingerprint density at radius 3 is 3.11 bits per heavy atom. The number of nitrogens with one attached hydrogen (secondary N) is 1. The molecule has 0 saturated heterocycles. The summed E-state index contributed by atoms with van der Waals surface area (Å²) in [5.41, 5.74) is 0.842. The van der Waals surface area contributed by atoms with Gasteiger partial charge in [0.15, 0.2) is 0 Å². The molecule has 0 radical (unpaired) electrons. The fourth-order valence-electron chi connectivity index (χ4n) is 1.60. The van der Waals surface area contributed by atoms with E-state index in [1.165, 1.54) is 25.1 Å². The number of carbonyl (C=O) groups is 1. The predicted octanol–water partition coefficient (Wildman–Crippen LogP) is 2.01. The smallest absolute Gasteiger partial charge is 0.354 e. The largest absolute Gasteiger partial charge is 0.477 e. The van der Waals surface area contributed by atoms with Crippen molar-refractivity contribution in [1.29, 1.82) is 0 Å². The predicted molar refractivity (Wildman–Crippen MR) is 67.8 cm³/mol. The highest BCUT2D eigenvalue weighted by Gasteiger charge is 2.20. The lowest BCUT2D eigenvalue weighted by atomic mass is 10.3. The van der Waals surface area contributed by atoms with E-state index in [9.17, 15) is 4.79 Å². The normalized spacial score (nSPS) is 14.4. The first kappa shape index (κ1) is 12.8. The standard InChI is InChI=1S/C13H18N2O3/c16-13(17)12-8-11(4-6-15-12)14-5-1-7-18-9-10-2-3-10/h4,6,8,10H,1-3,5,7,9H2,(H,14,15)(H,16,17).